The molecule has 0 bridgehead atoms. The number of aromatic nitrogens is 2. The number of carbonyl (C=O) groups excluding carboxylic acids is 1. The highest BCUT2D eigenvalue weighted by Gasteiger charge is 2.38. The van der Waals surface area contributed by atoms with E-state index in [4.69, 9.17) is 0 Å². The van der Waals surface area contributed by atoms with Gasteiger partial charge in [-0.1, -0.05) is 18.7 Å². The van der Waals surface area contributed by atoms with E-state index in [1.807, 2.05) is 11.2 Å². The Labute approximate surface area is 155 Å². The number of carbonyl (C=O) groups is 1. The molecule has 1 amide bonds. The first-order valence-corrected chi connectivity index (χ1v) is 10.5. The van der Waals surface area contributed by atoms with Crippen LogP contribution in [0.15, 0.2) is 11.2 Å². The lowest BCUT2D eigenvalue weighted by Crippen LogP contribution is -2.53. The van der Waals surface area contributed by atoms with E-state index in [0.29, 0.717) is 11.9 Å². The Morgan fingerprint density at radius 2 is 1.92 bits per heavy atom. The molecular weight excluding hydrogens is 334 g/mol. The van der Waals surface area contributed by atoms with Crippen molar-refractivity contribution >= 4 is 23.5 Å². The van der Waals surface area contributed by atoms with Crippen LogP contribution < -0.4 is 4.90 Å². The summed E-state index contributed by atoms with van der Waals surface area (Å²) in [7, 11) is 0. The van der Waals surface area contributed by atoms with Crippen molar-refractivity contribution in [3.63, 3.8) is 0 Å². The lowest BCUT2D eigenvalue weighted by molar-refractivity contribution is -0.133. The molecule has 0 saturated carbocycles. The molecule has 25 heavy (non-hydrogen) atoms. The monoisotopic (exact) mass is 363 g/mol. The molecule has 0 N–H and O–H groups in total. The minimum Gasteiger partial charge on any atom is -0.354 e. The van der Waals surface area contributed by atoms with Crippen LogP contribution in [0.4, 0.5) is 5.82 Å². The predicted molar refractivity (Wildman–Crippen MR) is 102 cm³/mol. The Balaban J connectivity index is 1.64. The maximum atomic E-state index is 12.6. The maximum absolute atomic E-state index is 12.6. The fraction of sp³-hybridized carbons (Fsp3) is 0.722. The summed E-state index contributed by atoms with van der Waals surface area (Å²) in [6, 6.07) is 2.48. The van der Waals surface area contributed by atoms with Gasteiger partial charge in [-0.05, 0) is 32.9 Å². The second-order valence-corrected chi connectivity index (χ2v) is 7.78. The molecule has 6 nitrogen and oxygen atoms in total. The van der Waals surface area contributed by atoms with Crippen LogP contribution in [0.1, 0.15) is 32.9 Å². The molecule has 7 heteroatoms. The lowest BCUT2D eigenvalue weighted by Gasteiger charge is -2.38. The van der Waals surface area contributed by atoms with Crippen LogP contribution in [0, 0.1) is 0 Å². The summed E-state index contributed by atoms with van der Waals surface area (Å²) < 4.78 is 0. The van der Waals surface area contributed by atoms with Gasteiger partial charge >= 0.3 is 0 Å². The predicted octanol–water partition coefficient (Wildman–Crippen LogP) is 1.89. The molecule has 0 aromatic carbocycles. The summed E-state index contributed by atoms with van der Waals surface area (Å²) in [5.74, 6) is 1.33. The second-order valence-electron chi connectivity index (χ2n) is 7.01. The number of amides is 1. The summed E-state index contributed by atoms with van der Waals surface area (Å²) in [5.41, 5.74) is 1.09. The largest absolute Gasteiger partial charge is 0.354 e. The number of rotatable bonds is 5. The molecule has 2 aliphatic rings. The Bertz CT molecular complexity index is 593. The van der Waals surface area contributed by atoms with Crippen LogP contribution in [0.3, 0.4) is 0 Å². The average Bonchev–Trinajstić information content (AvgIpc) is 3.03. The van der Waals surface area contributed by atoms with Gasteiger partial charge < -0.3 is 9.80 Å². The zero-order valence-electron chi connectivity index (χ0n) is 15.7. The van der Waals surface area contributed by atoms with Gasteiger partial charge in [0.2, 0.25) is 5.91 Å². The molecule has 138 valence electrons. The van der Waals surface area contributed by atoms with E-state index in [0.717, 1.165) is 62.2 Å². The van der Waals surface area contributed by atoms with Crippen molar-refractivity contribution in [1.82, 2.24) is 19.8 Å². The van der Waals surface area contributed by atoms with E-state index < -0.39 is 0 Å². The molecule has 0 radical (unpaired) electrons. The van der Waals surface area contributed by atoms with Crippen molar-refractivity contribution in [2.75, 3.05) is 43.9 Å². The van der Waals surface area contributed by atoms with Crippen LogP contribution >= 0.6 is 11.8 Å². The number of hydrogen-bond acceptors (Lipinski definition) is 6. The summed E-state index contributed by atoms with van der Waals surface area (Å²) in [6.07, 6.45) is 3.90. The van der Waals surface area contributed by atoms with E-state index in [1.165, 1.54) is 0 Å². The number of thioether (sulfide) groups is 1. The third kappa shape index (κ3) is 3.92. The molecule has 2 saturated heterocycles. The number of aryl methyl sites for hydroxylation is 1. The maximum Gasteiger partial charge on any atom is 0.240 e. The Morgan fingerprint density at radius 1 is 1.20 bits per heavy atom. The van der Waals surface area contributed by atoms with Crippen molar-refractivity contribution in [2.45, 2.75) is 50.9 Å². The lowest BCUT2D eigenvalue weighted by atomic mass is 10.1. The summed E-state index contributed by atoms with van der Waals surface area (Å²) in [5, 5.41) is 0.843. The topological polar surface area (TPSA) is 52.6 Å². The van der Waals surface area contributed by atoms with Gasteiger partial charge in [0.15, 0.2) is 5.16 Å². The molecule has 0 spiro atoms. The third-order valence-electron chi connectivity index (χ3n) is 5.20. The first-order chi connectivity index (χ1) is 12.0. The third-order valence-corrected chi connectivity index (χ3v) is 5.75. The van der Waals surface area contributed by atoms with Gasteiger partial charge in [0.25, 0.3) is 0 Å². The zero-order chi connectivity index (χ0) is 18.0. The van der Waals surface area contributed by atoms with Gasteiger partial charge in [0, 0.05) is 50.5 Å². The first kappa shape index (κ1) is 18.5. The molecule has 3 heterocycles. The highest BCUT2D eigenvalue weighted by molar-refractivity contribution is 7.98. The van der Waals surface area contributed by atoms with Crippen LogP contribution in [0.2, 0.25) is 0 Å². The van der Waals surface area contributed by atoms with Crippen LogP contribution in [0.25, 0.3) is 0 Å². The fourth-order valence-corrected chi connectivity index (χ4v) is 4.09. The van der Waals surface area contributed by atoms with Crippen molar-refractivity contribution in [3.05, 3.63) is 11.8 Å². The number of nitrogens with zero attached hydrogens (tertiary/aromatic N) is 5. The van der Waals surface area contributed by atoms with Gasteiger partial charge in [-0.3, -0.25) is 9.69 Å². The standard InChI is InChI=1S/C18H29N5OS/c1-5-14-12-16(20-18(19-14)25-4)22-10-8-21(9-11-22)15-6-7-23(13(2)3)17(15)24/h12-13,15H,5-11H2,1-4H3. The van der Waals surface area contributed by atoms with Crippen molar-refractivity contribution in [1.29, 1.82) is 0 Å². The molecule has 2 fully saturated rings. The highest BCUT2D eigenvalue weighted by Crippen LogP contribution is 2.23. The van der Waals surface area contributed by atoms with Gasteiger partial charge in [0.1, 0.15) is 5.82 Å². The van der Waals surface area contributed by atoms with Crippen LogP contribution in [-0.4, -0.2) is 76.7 Å². The molecule has 1 aromatic rings. The fourth-order valence-electron chi connectivity index (χ4n) is 3.69. The molecule has 3 rings (SSSR count). The van der Waals surface area contributed by atoms with Gasteiger partial charge in [-0.15, -0.1) is 0 Å². The molecular formula is C18H29N5OS. The summed E-state index contributed by atoms with van der Waals surface area (Å²) in [6.45, 7) is 10.9. The number of anilines is 1. The minimum atomic E-state index is 0.0721. The minimum absolute atomic E-state index is 0.0721. The van der Waals surface area contributed by atoms with Gasteiger partial charge in [0.05, 0.1) is 6.04 Å². The zero-order valence-corrected chi connectivity index (χ0v) is 16.6. The molecule has 1 atom stereocenters. The smallest absolute Gasteiger partial charge is 0.240 e. The van der Waals surface area contributed by atoms with Gasteiger partial charge in [-0.2, -0.15) is 0 Å². The Hall–Kier alpha value is -1.34. The molecule has 1 aromatic heterocycles. The number of likely N-dealkylation sites (tertiary alicyclic amines) is 1. The second kappa shape index (κ2) is 7.91. The quantitative estimate of drug-likeness (QED) is 0.588. The highest BCUT2D eigenvalue weighted by atomic mass is 32.2. The number of piperazine rings is 1. The van der Waals surface area contributed by atoms with E-state index in [9.17, 15) is 4.79 Å². The summed E-state index contributed by atoms with van der Waals surface area (Å²) >= 11 is 1.59. The normalized spacial score (nSPS) is 22.3. The number of hydrogen-bond donors (Lipinski definition) is 0. The van der Waals surface area contributed by atoms with E-state index >= 15 is 0 Å². The van der Waals surface area contributed by atoms with Crippen LogP contribution in [0.5, 0.6) is 0 Å². The van der Waals surface area contributed by atoms with Gasteiger partial charge in [-0.25, -0.2) is 9.97 Å². The first-order valence-electron chi connectivity index (χ1n) is 9.25. The van der Waals surface area contributed by atoms with Crippen molar-refractivity contribution < 1.29 is 4.79 Å². The Kier molecular flexibility index (Phi) is 5.84. The molecule has 1 unspecified atom stereocenters. The average molecular weight is 364 g/mol. The molecule has 0 aliphatic carbocycles. The van der Waals surface area contributed by atoms with Crippen molar-refractivity contribution in [3.8, 4) is 0 Å². The van der Waals surface area contributed by atoms with E-state index in [-0.39, 0.29) is 6.04 Å². The Morgan fingerprint density at radius 3 is 2.48 bits per heavy atom. The van der Waals surface area contributed by atoms with Crippen molar-refractivity contribution in [2.24, 2.45) is 0 Å². The SMILES string of the molecule is CCc1cc(N2CCN(C3CCN(C(C)C)C3=O)CC2)nc(SC)n1. The van der Waals surface area contributed by atoms with Crippen LogP contribution in [-0.2, 0) is 11.2 Å². The van der Waals surface area contributed by atoms with E-state index in [2.05, 4.69) is 46.6 Å². The summed E-state index contributed by atoms with van der Waals surface area (Å²) in [4.78, 5) is 28.5. The van der Waals surface area contributed by atoms with E-state index in [1.54, 1.807) is 11.8 Å². The molecule has 2 aliphatic heterocycles.